The van der Waals surface area contributed by atoms with Crippen molar-refractivity contribution in [3.05, 3.63) is 65.8 Å². The van der Waals surface area contributed by atoms with E-state index in [1.165, 1.54) is 12.1 Å². The van der Waals surface area contributed by atoms with E-state index in [0.717, 1.165) is 17.7 Å². The Hall–Kier alpha value is -2.83. The van der Waals surface area contributed by atoms with Crippen LogP contribution in [0.15, 0.2) is 36.4 Å². The zero-order valence-electron chi connectivity index (χ0n) is 14.3. The number of aromatic nitrogens is 3. The van der Waals surface area contributed by atoms with Crippen LogP contribution in [0.3, 0.4) is 0 Å². The molecule has 0 unspecified atom stereocenters. The third-order valence-electron chi connectivity index (χ3n) is 3.87. The minimum absolute atomic E-state index is 0.0192. The number of nitrogens with zero attached hydrogens (tertiary/aromatic N) is 3. The molecule has 0 aliphatic carbocycles. The lowest BCUT2D eigenvalue weighted by atomic mass is 9.86. The van der Waals surface area contributed by atoms with E-state index < -0.39 is 23.8 Å². The van der Waals surface area contributed by atoms with Crippen LogP contribution in [0.4, 0.5) is 17.6 Å². The fourth-order valence-corrected chi connectivity index (χ4v) is 2.45. The van der Waals surface area contributed by atoms with E-state index in [4.69, 9.17) is 0 Å². The van der Waals surface area contributed by atoms with Gasteiger partial charge < -0.3 is 0 Å². The highest BCUT2D eigenvalue weighted by molar-refractivity contribution is 5.67. The molecular weight excluding hydrogens is 346 g/mol. The summed E-state index contributed by atoms with van der Waals surface area (Å²) in [5, 5.41) is 0. The Balaban J connectivity index is 2.26. The molecule has 3 aromatic rings. The molecule has 3 aromatic heterocycles. The normalized spacial score (nSPS) is 11.7. The second-order valence-electron chi connectivity index (χ2n) is 6.82. The highest BCUT2D eigenvalue weighted by Crippen LogP contribution is 2.32. The van der Waals surface area contributed by atoms with Gasteiger partial charge in [-0.2, -0.15) is 27.5 Å². The van der Waals surface area contributed by atoms with Gasteiger partial charge in [-0.1, -0.05) is 20.8 Å². The lowest BCUT2D eigenvalue weighted by molar-refractivity contribution is 0.515. The summed E-state index contributed by atoms with van der Waals surface area (Å²) in [5.41, 5.74) is 0.677. The van der Waals surface area contributed by atoms with Gasteiger partial charge in [-0.3, -0.25) is 0 Å². The van der Waals surface area contributed by atoms with Crippen molar-refractivity contribution in [3.8, 4) is 22.5 Å². The van der Waals surface area contributed by atoms with Crippen molar-refractivity contribution in [1.29, 1.82) is 0 Å². The summed E-state index contributed by atoms with van der Waals surface area (Å²) < 4.78 is 54.4. The average Bonchev–Trinajstić information content (AvgIpc) is 2.53. The van der Waals surface area contributed by atoms with Gasteiger partial charge >= 0.3 is 0 Å². The van der Waals surface area contributed by atoms with Gasteiger partial charge in [0.05, 0.1) is 22.5 Å². The molecule has 134 valence electrons. The smallest absolute Gasteiger partial charge is 0.224 e. The van der Waals surface area contributed by atoms with E-state index in [9.17, 15) is 17.6 Å². The Morgan fingerprint density at radius 2 is 1.08 bits per heavy atom. The van der Waals surface area contributed by atoms with E-state index in [2.05, 4.69) is 15.0 Å². The highest BCUT2D eigenvalue weighted by atomic mass is 19.1. The molecule has 3 nitrogen and oxygen atoms in total. The first-order chi connectivity index (χ1) is 12.1. The monoisotopic (exact) mass is 361 g/mol. The van der Waals surface area contributed by atoms with Crippen molar-refractivity contribution in [2.24, 2.45) is 0 Å². The van der Waals surface area contributed by atoms with Gasteiger partial charge in [0.15, 0.2) is 0 Å². The van der Waals surface area contributed by atoms with Gasteiger partial charge in [-0.05, 0) is 47.4 Å². The molecule has 0 bridgehead atoms. The summed E-state index contributed by atoms with van der Waals surface area (Å²) in [4.78, 5) is 10.6. The highest BCUT2D eigenvalue weighted by Gasteiger charge is 2.20. The summed E-state index contributed by atoms with van der Waals surface area (Å²) in [5.74, 6) is -3.95. The Kier molecular flexibility index (Phi) is 4.48. The first-order valence-electron chi connectivity index (χ1n) is 7.82. The maximum absolute atomic E-state index is 14.1. The molecule has 0 spiro atoms. The van der Waals surface area contributed by atoms with Crippen molar-refractivity contribution in [1.82, 2.24) is 15.0 Å². The zero-order chi connectivity index (χ0) is 19.1. The Morgan fingerprint density at radius 1 is 0.654 bits per heavy atom. The molecule has 0 fully saturated rings. The summed E-state index contributed by atoms with van der Waals surface area (Å²) >= 11 is 0. The molecular formula is C19H15F4N3. The van der Waals surface area contributed by atoms with Crippen LogP contribution >= 0.6 is 0 Å². The Labute approximate surface area is 147 Å². The molecule has 3 heterocycles. The lowest BCUT2D eigenvalue weighted by Crippen LogP contribution is -2.12. The molecule has 0 amide bonds. The third kappa shape index (κ3) is 3.56. The van der Waals surface area contributed by atoms with Gasteiger partial charge in [0, 0.05) is 0 Å². The molecule has 26 heavy (non-hydrogen) atoms. The number of hydrogen-bond acceptors (Lipinski definition) is 3. The van der Waals surface area contributed by atoms with E-state index in [-0.39, 0.29) is 27.9 Å². The number of halogens is 4. The maximum Gasteiger partial charge on any atom is 0.224 e. The molecule has 0 atom stereocenters. The predicted molar refractivity (Wildman–Crippen MR) is 89.2 cm³/mol. The largest absolute Gasteiger partial charge is 0.247 e. The van der Waals surface area contributed by atoms with Crippen LogP contribution in [-0.4, -0.2) is 15.0 Å². The Morgan fingerprint density at radius 3 is 1.42 bits per heavy atom. The van der Waals surface area contributed by atoms with Crippen LogP contribution in [0.1, 0.15) is 26.3 Å². The molecule has 0 radical (unpaired) electrons. The zero-order valence-corrected chi connectivity index (χ0v) is 14.3. The molecule has 0 saturated heterocycles. The van der Waals surface area contributed by atoms with Gasteiger partial charge in [0.1, 0.15) is 0 Å². The average molecular weight is 361 g/mol. The van der Waals surface area contributed by atoms with Crippen molar-refractivity contribution in [2.45, 2.75) is 26.2 Å². The van der Waals surface area contributed by atoms with Gasteiger partial charge in [0.25, 0.3) is 0 Å². The second-order valence-corrected chi connectivity index (χ2v) is 6.82. The molecule has 7 heteroatoms. The van der Waals surface area contributed by atoms with Crippen LogP contribution in [0.25, 0.3) is 22.5 Å². The first kappa shape index (κ1) is 18.0. The predicted octanol–water partition coefficient (Wildman–Crippen LogP) is 5.06. The van der Waals surface area contributed by atoms with Crippen LogP contribution in [0.2, 0.25) is 0 Å². The number of hydrogen-bond donors (Lipinski definition) is 0. The summed E-state index contributed by atoms with van der Waals surface area (Å²) in [6, 6.07) is 7.74. The molecule has 0 N–H and O–H groups in total. The number of pyridine rings is 3. The minimum Gasteiger partial charge on any atom is -0.247 e. The van der Waals surface area contributed by atoms with Gasteiger partial charge in [-0.25, -0.2) is 4.98 Å². The SMILES string of the molecule is CC(C)(C)c1cc(-c2ccc(F)nc2F)nc(-c2ccc(F)nc2F)c1. The van der Waals surface area contributed by atoms with E-state index in [0.29, 0.717) is 0 Å². The van der Waals surface area contributed by atoms with Gasteiger partial charge in [0.2, 0.25) is 23.8 Å². The molecule has 0 aliphatic rings. The van der Waals surface area contributed by atoms with Crippen molar-refractivity contribution in [2.75, 3.05) is 0 Å². The molecule has 0 aromatic carbocycles. The van der Waals surface area contributed by atoms with Crippen LogP contribution < -0.4 is 0 Å². The maximum atomic E-state index is 14.1. The van der Waals surface area contributed by atoms with Crippen LogP contribution in [0.5, 0.6) is 0 Å². The molecule has 0 saturated carbocycles. The summed E-state index contributed by atoms with van der Waals surface area (Å²) in [6.07, 6.45) is 0. The summed E-state index contributed by atoms with van der Waals surface area (Å²) in [6.45, 7) is 5.78. The fourth-order valence-electron chi connectivity index (χ4n) is 2.45. The summed E-state index contributed by atoms with van der Waals surface area (Å²) in [7, 11) is 0. The van der Waals surface area contributed by atoms with Crippen molar-refractivity contribution < 1.29 is 17.6 Å². The molecule has 0 aliphatic heterocycles. The second kappa shape index (κ2) is 6.48. The van der Waals surface area contributed by atoms with E-state index >= 15 is 0 Å². The fraction of sp³-hybridized carbons (Fsp3) is 0.211. The first-order valence-corrected chi connectivity index (χ1v) is 7.82. The van der Waals surface area contributed by atoms with Crippen molar-refractivity contribution >= 4 is 0 Å². The topological polar surface area (TPSA) is 38.7 Å². The Bertz CT molecular complexity index is 911. The standard InChI is InChI=1S/C19H15F4N3/c1-19(2,3)10-8-13(11-4-6-15(20)25-17(11)22)24-14(9-10)12-5-7-16(21)26-18(12)23/h4-9H,1-3H3. The minimum atomic E-state index is -1.02. The van der Waals surface area contributed by atoms with Crippen LogP contribution in [0, 0.1) is 23.8 Å². The quantitative estimate of drug-likeness (QED) is 0.473. The van der Waals surface area contributed by atoms with Crippen LogP contribution in [-0.2, 0) is 5.41 Å². The molecule has 3 rings (SSSR count). The van der Waals surface area contributed by atoms with Gasteiger partial charge in [-0.15, -0.1) is 0 Å². The van der Waals surface area contributed by atoms with Crippen molar-refractivity contribution in [3.63, 3.8) is 0 Å². The van der Waals surface area contributed by atoms with E-state index in [1.54, 1.807) is 12.1 Å². The third-order valence-corrected chi connectivity index (χ3v) is 3.87. The number of rotatable bonds is 2. The van der Waals surface area contributed by atoms with E-state index in [1.807, 2.05) is 20.8 Å². The lowest BCUT2D eigenvalue weighted by Gasteiger charge is -2.21.